The summed E-state index contributed by atoms with van der Waals surface area (Å²) in [7, 11) is 1.42. The van der Waals surface area contributed by atoms with Gasteiger partial charge in [-0.3, -0.25) is 10.1 Å². The third-order valence-corrected chi connectivity index (χ3v) is 3.50. The smallest absolute Gasteiger partial charge is 0.333 e. The molecule has 2 N–H and O–H groups in total. The number of para-hydroxylation sites is 1. The minimum absolute atomic E-state index is 0.0384. The molecule has 2 rings (SSSR count). The van der Waals surface area contributed by atoms with E-state index >= 15 is 0 Å². The lowest BCUT2D eigenvalue weighted by Crippen LogP contribution is -2.13. The monoisotopic (exact) mass is 266 g/mol. The Balaban J connectivity index is 2.09. The molecule has 0 amide bonds. The van der Waals surface area contributed by atoms with Crippen LogP contribution in [-0.4, -0.2) is 29.8 Å². The first kappa shape index (κ1) is 13.6. The molecule has 19 heavy (non-hydrogen) atoms. The molecule has 1 saturated carbocycles. The number of benzene rings is 1. The second-order valence-electron chi connectivity index (χ2n) is 4.83. The van der Waals surface area contributed by atoms with Crippen LogP contribution in [-0.2, 0) is 0 Å². The highest BCUT2D eigenvalue weighted by Gasteiger charge is 2.25. The highest BCUT2D eigenvalue weighted by Crippen LogP contribution is 2.35. The van der Waals surface area contributed by atoms with Gasteiger partial charge >= 0.3 is 5.69 Å². The normalized spacial score (nSPS) is 22.2. The molecule has 6 nitrogen and oxygen atoms in total. The zero-order valence-electron chi connectivity index (χ0n) is 10.8. The topological polar surface area (TPSA) is 84.6 Å². The van der Waals surface area contributed by atoms with Gasteiger partial charge in [-0.15, -0.1) is 0 Å². The summed E-state index contributed by atoms with van der Waals surface area (Å²) in [5.74, 6) is 0.613. The minimum Gasteiger partial charge on any atom is -0.490 e. The van der Waals surface area contributed by atoms with Crippen molar-refractivity contribution >= 4 is 11.4 Å². The first-order valence-electron chi connectivity index (χ1n) is 6.35. The van der Waals surface area contributed by atoms with Gasteiger partial charge in [0.25, 0.3) is 0 Å². The van der Waals surface area contributed by atoms with E-state index in [1.54, 1.807) is 18.2 Å². The van der Waals surface area contributed by atoms with Crippen LogP contribution in [0.1, 0.15) is 19.3 Å². The van der Waals surface area contributed by atoms with Crippen LogP contribution in [0.2, 0.25) is 0 Å². The lowest BCUT2D eigenvalue weighted by Gasteiger charge is -2.13. The summed E-state index contributed by atoms with van der Waals surface area (Å²) in [4.78, 5) is 10.7. The van der Waals surface area contributed by atoms with Crippen molar-refractivity contribution in [3.63, 3.8) is 0 Å². The maximum Gasteiger partial charge on any atom is 0.333 e. The summed E-state index contributed by atoms with van der Waals surface area (Å²) in [6.07, 6.45) is 2.29. The molecule has 104 valence electrons. The SMILES string of the molecule is COc1cccc(NCC2CCC(O)C2)c1[N+](=O)[O-]. The average molecular weight is 266 g/mol. The van der Waals surface area contributed by atoms with Crippen LogP contribution >= 0.6 is 0 Å². The Bertz CT molecular complexity index is 464. The van der Waals surface area contributed by atoms with E-state index in [1.165, 1.54) is 7.11 Å². The van der Waals surface area contributed by atoms with E-state index in [4.69, 9.17) is 4.74 Å². The van der Waals surface area contributed by atoms with Crippen LogP contribution in [0.25, 0.3) is 0 Å². The van der Waals surface area contributed by atoms with Crippen LogP contribution in [0.4, 0.5) is 11.4 Å². The lowest BCUT2D eigenvalue weighted by molar-refractivity contribution is -0.384. The number of methoxy groups -OCH3 is 1. The molecule has 0 heterocycles. The molecule has 1 aromatic rings. The fourth-order valence-electron chi connectivity index (χ4n) is 2.51. The van der Waals surface area contributed by atoms with Crippen LogP contribution in [0.15, 0.2) is 18.2 Å². The fraction of sp³-hybridized carbons (Fsp3) is 0.538. The second-order valence-corrected chi connectivity index (χ2v) is 4.83. The third kappa shape index (κ3) is 3.14. The largest absolute Gasteiger partial charge is 0.490 e. The van der Waals surface area contributed by atoms with Crippen LogP contribution < -0.4 is 10.1 Å². The highest BCUT2D eigenvalue weighted by atomic mass is 16.6. The van der Waals surface area contributed by atoms with Gasteiger partial charge in [0.1, 0.15) is 5.69 Å². The van der Waals surface area contributed by atoms with Gasteiger partial charge in [0.05, 0.1) is 18.1 Å². The van der Waals surface area contributed by atoms with Crippen molar-refractivity contribution < 1.29 is 14.8 Å². The predicted molar refractivity (Wildman–Crippen MR) is 71.5 cm³/mol. The summed E-state index contributed by atoms with van der Waals surface area (Å²) in [6.45, 7) is 0.630. The lowest BCUT2D eigenvalue weighted by atomic mass is 10.1. The van der Waals surface area contributed by atoms with Gasteiger partial charge in [-0.05, 0) is 37.3 Å². The predicted octanol–water partition coefficient (Wildman–Crippen LogP) is 2.18. The Morgan fingerprint density at radius 3 is 2.89 bits per heavy atom. The maximum atomic E-state index is 11.1. The van der Waals surface area contributed by atoms with Crippen LogP contribution in [0.3, 0.4) is 0 Å². The Morgan fingerprint density at radius 2 is 2.32 bits per heavy atom. The van der Waals surface area contributed by atoms with Gasteiger partial charge in [0, 0.05) is 6.54 Å². The van der Waals surface area contributed by atoms with Crippen molar-refractivity contribution in [2.24, 2.45) is 5.92 Å². The zero-order chi connectivity index (χ0) is 13.8. The number of nitro benzene ring substituents is 1. The number of ether oxygens (including phenoxy) is 1. The molecule has 0 saturated heterocycles. The highest BCUT2D eigenvalue weighted by molar-refractivity contribution is 5.68. The zero-order valence-corrected chi connectivity index (χ0v) is 10.8. The van der Waals surface area contributed by atoms with E-state index in [0.717, 1.165) is 19.3 Å². The van der Waals surface area contributed by atoms with E-state index < -0.39 is 4.92 Å². The molecule has 0 radical (unpaired) electrons. The molecule has 1 aliphatic rings. The van der Waals surface area contributed by atoms with Gasteiger partial charge in [-0.1, -0.05) is 6.07 Å². The summed E-state index contributed by atoms with van der Waals surface area (Å²) >= 11 is 0. The minimum atomic E-state index is -0.440. The van der Waals surface area contributed by atoms with Gasteiger partial charge in [0.2, 0.25) is 0 Å². The van der Waals surface area contributed by atoms with Gasteiger partial charge in [-0.2, -0.15) is 0 Å². The third-order valence-electron chi connectivity index (χ3n) is 3.50. The molecule has 2 atom stereocenters. The van der Waals surface area contributed by atoms with Gasteiger partial charge in [0.15, 0.2) is 5.75 Å². The molecule has 1 fully saturated rings. The standard InChI is InChI=1S/C13H18N2O4/c1-19-12-4-2-3-11(13(12)15(17)18)14-8-9-5-6-10(16)7-9/h2-4,9-10,14,16H,5-8H2,1H3. The molecular weight excluding hydrogens is 248 g/mol. The van der Waals surface area contributed by atoms with E-state index in [0.29, 0.717) is 18.2 Å². The molecular formula is C13H18N2O4. The molecule has 0 aromatic heterocycles. The average Bonchev–Trinajstić information content (AvgIpc) is 2.81. The Morgan fingerprint density at radius 1 is 1.53 bits per heavy atom. The van der Waals surface area contributed by atoms with Crippen molar-refractivity contribution in [1.29, 1.82) is 0 Å². The molecule has 6 heteroatoms. The van der Waals surface area contributed by atoms with Crippen molar-refractivity contribution in [2.75, 3.05) is 19.0 Å². The molecule has 1 aliphatic carbocycles. The number of aliphatic hydroxyl groups is 1. The summed E-state index contributed by atoms with van der Waals surface area (Å²) in [5, 5.41) is 23.7. The summed E-state index contributed by atoms with van der Waals surface area (Å²) < 4.78 is 5.01. The number of hydrogen-bond donors (Lipinski definition) is 2. The molecule has 2 unspecified atom stereocenters. The first-order chi connectivity index (χ1) is 9.11. The number of anilines is 1. The summed E-state index contributed by atoms with van der Waals surface area (Å²) in [5.41, 5.74) is 0.425. The number of nitrogens with zero attached hydrogens (tertiary/aromatic N) is 1. The Labute approximate surface area is 111 Å². The summed E-state index contributed by atoms with van der Waals surface area (Å²) in [6, 6.07) is 4.96. The van der Waals surface area contributed by atoms with Crippen molar-refractivity contribution in [3.05, 3.63) is 28.3 Å². The van der Waals surface area contributed by atoms with Gasteiger partial charge in [-0.25, -0.2) is 0 Å². The van der Waals surface area contributed by atoms with Crippen LogP contribution in [0, 0.1) is 16.0 Å². The van der Waals surface area contributed by atoms with E-state index in [2.05, 4.69) is 5.32 Å². The van der Waals surface area contributed by atoms with E-state index in [1.807, 2.05) is 0 Å². The second kappa shape index (κ2) is 5.88. The Hall–Kier alpha value is -1.82. The van der Waals surface area contributed by atoms with E-state index in [-0.39, 0.29) is 17.5 Å². The number of aliphatic hydroxyl groups excluding tert-OH is 1. The number of rotatable bonds is 5. The van der Waals surface area contributed by atoms with E-state index in [9.17, 15) is 15.2 Å². The molecule has 0 spiro atoms. The van der Waals surface area contributed by atoms with Crippen molar-refractivity contribution in [2.45, 2.75) is 25.4 Å². The van der Waals surface area contributed by atoms with Crippen molar-refractivity contribution in [3.8, 4) is 5.75 Å². The molecule has 0 aliphatic heterocycles. The number of nitrogens with one attached hydrogen (secondary N) is 1. The van der Waals surface area contributed by atoms with Crippen LogP contribution in [0.5, 0.6) is 5.75 Å². The number of nitro groups is 1. The van der Waals surface area contributed by atoms with Gasteiger partial charge < -0.3 is 15.2 Å². The fourth-order valence-corrected chi connectivity index (χ4v) is 2.51. The number of hydrogen-bond acceptors (Lipinski definition) is 5. The Kier molecular flexibility index (Phi) is 4.21. The maximum absolute atomic E-state index is 11.1. The van der Waals surface area contributed by atoms with Crippen molar-refractivity contribution in [1.82, 2.24) is 0 Å². The molecule has 0 bridgehead atoms. The molecule has 1 aromatic carbocycles. The first-order valence-corrected chi connectivity index (χ1v) is 6.35. The quantitative estimate of drug-likeness (QED) is 0.630.